The minimum atomic E-state index is 0.275. The maximum Gasteiger partial charge on any atom is 0.138 e. The molecule has 0 saturated carbocycles. The first-order chi connectivity index (χ1) is 7.29. The molecule has 1 aromatic heterocycles. The van der Waals surface area contributed by atoms with Crippen LogP contribution in [0.25, 0.3) is 0 Å². The van der Waals surface area contributed by atoms with Gasteiger partial charge in [0.25, 0.3) is 0 Å². The molecule has 2 heterocycles. The molecule has 2 nitrogen and oxygen atoms in total. The Bertz CT molecular complexity index is 320. The molecule has 82 valence electrons. The van der Waals surface area contributed by atoms with Crippen LogP contribution < -0.4 is 0 Å². The average Bonchev–Trinajstić information content (AvgIpc) is 2.73. The first-order valence-electron chi connectivity index (χ1n) is 5.55. The molecule has 1 aromatic rings. The van der Waals surface area contributed by atoms with Crippen LogP contribution in [0.1, 0.15) is 25.3 Å². The Kier molecular flexibility index (Phi) is 3.54. The smallest absolute Gasteiger partial charge is 0.138 e. The van der Waals surface area contributed by atoms with Crippen LogP contribution >= 0.6 is 11.3 Å². The Morgan fingerprint density at radius 3 is 3.13 bits per heavy atom. The van der Waals surface area contributed by atoms with Crippen molar-refractivity contribution in [1.82, 2.24) is 4.90 Å². The van der Waals surface area contributed by atoms with Crippen LogP contribution in [-0.4, -0.2) is 23.8 Å². The first kappa shape index (κ1) is 10.8. The van der Waals surface area contributed by atoms with E-state index < -0.39 is 0 Å². The second-order valence-electron chi connectivity index (χ2n) is 4.19. The number of rotatable bonds is 3. The lowest BCUT2D eigenvalue weighted by Crippen LogP contribution is -2.39. The maximum atomic E-state index is 11.5. The molecule has 1 fully saturated rings. The van der Waals surface area contributed by atoms with Crippen molar-refractivity contribution in [3.05, 3.63) is 22.4 Å². The number of nitrogens with zero attached hydrogens (tertiary/aromatic N) is 1. The van der Waals surface area contributed by atoms with Crippen molar-refractivity contribution in [1.29, 1.82) is 0 Å². The van der Waals surface area contributed by atoms with Crippen LogP contribution in [0, 0.1) is 5.92 Å². The molecular formula is C12H17NOS. The Balaban J connectivity index is 1.92. The molecule has 0 aliphatic carbocycles. The van der Waals surface area contributed by atoms with E-state index in [9.17, 15) is 4.79 Å². The Morgan fingerprint density at radius 2 is 2.47 bits per heavy atom. The molecule has 0 radical (unpaired) electrons. The molecule has 1 atom stereocenters. The summed E-state index contributed by atoms with van der Waals surface area (Å²) in [5, 5.41) is 4.30. The van der Waals surface area contributed by atoms with Crippen LogP contribution in [0.5, 0.6) is 0 Å². The van der Waals surface area contributed by atoms with Crippen LogP contribution in [-0.2, 0) is 11.3 Å². The third-order valence-electron chi connectivity index (χ3n) is 3.09. The SMILES string of the molecule is CCC1CN(Cc2ccsc2)CCC1=O. The fraction of sp³-hybridized carbons (Fsp3) is 0.583. The highest BCUT2D eigenvalue weighted by Crippen LogP contribution is 2.18. The van der Waals surface area contributed by atoms with E-state index in [1.165, 1.54) is 5.56 Å². The van der Waals surface area contributed by atoms with Crippen molar-refractivity contribution in [2.24, 2.45) is 5.92 Å². The summed E-state index contributed by atoms with van der Waals surface area (Å²) in [6, 6.07) is 2.17. The van der Waals surface area contributed by atoms with Gasteiger partial charge in [-0.25, -0.2) is 0 Å². The molecule has 0 amide bonds. The Labute approximate surface area is 94.9 Å². The Morgan fingerprint density at radius 1 is 1.60 bits per heavy atom. The van der Waals surface area contributed by atoms with E-state index in [2.05, 4.69) is 28.7 Å². The van der Waals surface area contributed by atoms with E-state index in [0.717, 1.165) is 32.5 Å². The van der Waals surface area contributed by atoms with Gasteiger partial charge in [-0.3, -0.25) is 9.69 Å². The summed E-state index contributed by atoms with van der Waals surface area (Å²) < 4.78 is 0. The largest absolute Gasteiger partial charge is 0.299 e. The quantitative estimate of drug-likeness (QED) is 0.785. The summed E-state index contributed by atoms with van der Waals surface area (Å²) in [6.45, 7) is 5.00. The van der Waals surface area contributed by atoms with Gasteiger partial charge >= 0.3 is 0 Å². The van der Waals surface area contributed by atoms with E-state index in [4.69, 9.17) is 0 Å². The third kappa shape index (κ3) is 2.67. The fourth-order valence-electron chi connectivity index (χ4n) is 2.12. The van der Waals surface area contributed by atoms with E-state index in [0.29, 0.717) is 5.78 Å². The zero-order valence-electron chi connectivity index (χ0n) is 9.11. The molecule has 0 aromatic carbocycles. The van der Waals surface area contributed by atoms with Gasteiger partial charge in [0, 0.05) is 32.0 Å². The van der Waals surface area contributed by atoms with Crippen molar-refractivity contribution in [2.75, 3.05) is 13.1 Å². The van der Waals surface area contributed by atoms with E-state index in [1.807, 2.05) is 0 Å². The number of carbonyl (C=O) groups excluding carboxylic acids is 1. The highest BCUT2D eigenvalue weighted by Gasteiger charge is 2.25. The summed E-state index contributed by atoms with van der Waals surface area (Å²) in [5.41, 5.74) is 1.38. The Hall–Kier alpha value is -0.670. The van der Waals surface area contributed by atoms with Crippen molar-refractivity contribution in [2.45, 2.75) is 26.3 Å². The number of Topliss-reactive ketones (excluding diaryl/α,β-unsaturated/α-hetero) is 1. The minimum Gasteiger partial charge on any atom is -0.299 e. The molecule has 0 bridgehead atoms. The zero-order chi connectivity index (χ0) is 10.7. The lowest BCUT2D eigenvalue weighted by molar-refractivity contribution is -0.126. The van der Waals surface area contributed by atoms with Gasteiger partial charge in [-0.05, 0) is 28.8 Å². The van der Waals surface area contributed by atoms with Crippen molar-refractivity contribution < 1.29 is 4.79 Å². The van der Waals surface area contributed by atoms with Gasteiger partial charge in [0.05, 0.1) is 0 Å². The van der Waals surface area contributed by atoms with Crippen LogP contribution in [0.15, 0.2) is 16.8 Å². The fourth-order valence-corrected chi connectivity index (χ4v) is 2.78. The second kappa shape index (κ2) is 4.90. The number of likely N-dealkylation sites (tertiary alicyclic amines) is 1. The van der Waals surface area contributed by atoms with Gasteiger partial charge in [0.15, 0.2) is 0 Å². The number of hydrogen-bond donors (Lipinski definition) is 0. The summed E-state index contributed by atoms with van der Waals surface area (Å²) in [4.78, 5) is 13.9. The number of thiophene rings is 1. The highest BCUT2D eigenvalue weighted by atomic mass is 32.1. The predicted octanol–water partition coefficient (Wildman–Crippen LogP) is 2.55. The van der Waals surface area contributed by atoms with Gasteiger partial charge in [-0.1, -0.05) is 6.92 Å². The number of piperidine rings is 1. The molecule has 2 rings (SSSR count). The molecule has 1 unspecified atom stereocenters. The van der Waals surface area contributed by atoms with Crippen molar-refractivity contribution >= 4 is 17.1 Å². The maximum absolute atomic E-state index is 11.5. The highest BCUT2D eigenvalue weighted by molar-refractivity contribution is 7.07. The first-order valence-corrected chi connectivity index (χ1v) is 6.50. The van der Waals surface area contributed by atoms with Crippen LogP contribution in [0.2, 0.25) is 0 Å². The van der Waals surface area contributed by atoms with E-state index in [-0.39, 0.29) is 5.92 Å². The molecule has 15 heavy (non-hydrogen) atoms. The monoisotopic (exact) mass is 223 g/mol. The molecule has 0 N–H and O–H groups in total. The van der Waals surface area contributed by atoms with Crippen molar-refractivity contribution in [3.8, 4) is 0 Å². The topological polar surface area (TPSA) is 20.3 Å². The number of hydrogen-bond acceptors (Lipinski definition) is 3. The summed E-state index contributed by atoms with van der Waals surface area (Å²) >= 11 is 1.74. The lowest BCUT2D eigenvalue weighted by Gasteiger charge is -2.30. The lowest BCUT2D eigenvalue weighted by atomic mass is 9.94. The molecular weight excluding hydrogens is 206 g/mol. The van der Waals surface area contributed by atoms with E-state index >= 15 is 0 Å². The summed E-state index contributed by atoms with van der Waals surface area (Å²) in [6.07, 6.45) is 1.72. The predicted molar refractivity (Wildman–Crippen MR) is 63.0 cm³/mol. The van der Waals surface area contributed by atoms with Crippen molar-refractivity contribution in [3.63, 3.8) is 0 Å². The van der Waals surface area contributed by atoms with Gasteiger partial charge in [0.1, 0.15) is 5.78 Å². The van der Waals surface area contributed by atoms with Gasteiger partial charge < -0.3 is 0 Å². The molecule has 1 aliphatic rings. The normalized spacial score (nSPS) is 23.3. The standard InChI is InChI=1S/C12H17NOS/c1-2-11-8-13(5-3-12(11)14)7-10-4-6-15-9-10/h4,6,9,11H,2-3,5,7-8H2,1H3. The summed E-state index contributed by atoms with van der Waals surface area (Å²) in [7, 11) is 0. The molecule has 3 heteroatoms. The van der Waals surface area contributed by atoms with Gasteiger partial charge in [0.2, 0.25) is 0 Å². The van der Waals surface area contributed by atoms with E-state index in [1.54, 1.807) is 11.3 Å². The molecule has 0 spiro atoms. The third-order valence-corrected chi connectivity index (χ3v) is 3.82. The summed E-state index contributed by atoms with van der Waals surface area (Å²) in [5.74, 6) is 0.733. The number of ketones is 1. The second-order valence-corrected chi connectivity index (χ2v) is 4.97. The van der Waals surface area contributed by atoms with Gasteiger partial charge in [-0.15, -0.1) is 0 Å². The van der Waals surface area contributed by atoms with Crippen LogP contribution in [0.3, 0.4) is 0 Å². The average molecular weight is 223 g/mol. The number of carbonyl (C=O) groups is 1. The van der Waals surface area contributed by atoms with Gasteiger partial charge in [-0.2, -0.15) is 11.3 Å². The zero-order valence-corrected chi connectivity index (χ0v) is 9.93. The van der Waals surface area contributed by atoms with Crippen LogP contribution in [0.4, 0.5) is 0 Å². The molecule has 1 saturated heterocycles. The minimum absolute atomic E-state index is 0.275. The molecule has 1 aliphatic heterocycles.